The molecule has 1 atom stereocenters. The summed E-state index contributed by atoms with van der Waals surface area (Å²) < 4.78 is 5.65. The van der Waals surface area contributed by atoms with Crippen LogP contribution in [0.25, 0.3) is 0 Å². The molecule has 0 aromatic heterocycles. The van der Waals surface area contributed by atoms with Crippen LogP contribution in [0.15, 0.2) is 18.2 Å². The molecule has 2 heterocycles. The zero-order valence-corrected chi connectivity index (χ0v) is 23.1. The maximum absolute atomic E-state index is 5.65. The first-order valence-corrected chi connectivity index (χ1v) is 14.9. The Balaban J connectivity index is 1.36. The van der Waals surface area contributed by atoms with Crippen LogP contribution >= 0.6 is 0 Å². The normalized spacial score (nSPS) is 30.0. The molecule has 1 aromatic carbocycles. The second kappa shape index (κ2) is 11.0. The van der Waals surface area contributed by atoms with Crippen LogP contribution in [-0.2, 0) is 4.74 Å². The van der Waals surface area contributed by atoms with E-state index in [1.54, 1.807) is 5.56 Å². The van der Waals surface area contributed by atoms with Crippen LogP contribution in [0.3, 0.4) is 0 Å². The third kappa shape index (κ3) is 5.85. The number of morpholine rings is 1. The van der Waals surface area contributed by atoms with Gasteiger partial charge in [-0.05, 0) is 86.5 Å². The van der Waals surface area contributed by atoms with E-state index in [0.717, 1.165) is 38.3 Å². The van der Waals surface area contributed by atoms with Gasteiger partial charge in [0.2, 0.25) is 0 Å². The van der Waals surface area contributed by atoms with Crippen molar-refractivity contribution in [2.24, 2.45) is 11.3 Å². The second-order valence-electron chi connectivity index (χ2n) is 13.1. The fourth-order valence-corrected chi connectivity index (χ4v) is 7.54. The lowest BCUT2D eigenvalue weighted by Crippen LogP contribution is -2.55. The van der Waals surface area contributed by atoms with Gasteiger partial charge >= 0.3 is 0 Å². The van der Waals surface area contributed by atoms with Gasteiger partial charge in [0.1, 0.15) is 0 Å². The predicted molar refractivity (Wildman–Crippen MR) is 149 cm³/mol. The Morgan fingerprint density at radius 2 is 1.54 bits per heavy atom. The van der Waals surface area contributed by atoms with Crippen LogP contribution in [0.5, 0.6) is 0 Å². The summed E-state index contributed by atoms with van der Waals surface area (Å²) in [5.74, 6) is 1.57. The van der Waals surface area contributed by atoms with Crippen molar-refractivity contribution in [1.29, 1.82) is 0 Å². The van der Waals surface area contributed by atoms with Gasteiger partial charge in [-0.3, -0.25) is 4.90 Å². The van der Waals surface area contributed by atoms with E-state index in [1.807, 2.05) is 0 Å². The Morgan fingerprint density at radius 3 is 2.20 bits per heavy atom. The maximum Gasteiger partial charge on any atom is 0.0642 e. The van der Waals surface area contributed by atoms with Crippen molar-refractivity contribution >= 4 is 11.4 Å². The molecule has 1 aromatic rings. The Bertz CT molecular complexity index is 813. The van der Waals surface area contributed by atoms with Crippen LogP contribution in [0.1, 0.15) is 97.0 Å². The molecule has 0 radical (unpaired) electrons. The smallest absolute Gasteiger partial charge is 0.0642 e. The number of hydrogen-bond donors (Lipinski definition) is 0. The average Bonchev–Trinajstić information content (AvgIpc) is 2.89. The highest BCUT2D eigenvalue weighted by Gasteiger charge is 2.34. The molecule has 5 rings (SSSR count). The lowest BCUT2D eigenvalue weighted by Gasteiger charge is -2.46. The number of ether oxygens (including phenoxy) is 1. The van der Waals surface area contributed by atoms with Crippen LogP contribution in [0, 0.1) is 11.3 Å². The molecule has 4 nitrogen and oxygen atoms in total. The van der Waals surface area contributed by atoms with Crippen LogP contribution < -0.4 is 9.80 Å². The molecule has 4 heteroatoms. The standard InChI is InChI=1S/C31H51N3O/c1-24-23-33(27-8-6-5-7-9-27)16-17-34(24)30-15-14-28(32-18-20-35-21-19-32)22-29(30)25-10-12-26(13-11-25)31(2,3)4/h14-15,22,24-27H,5-13,16-21,23H2,1-4H3. The molecular weight excluding hydrogens is 430 g/mol. The van der Waals surface area contributed by atoms with Crippen LogP contribution in [-0.4, -0.2) is 62.9 Å². The summed E-state index contributed by atoms with van der Waals surface area (Å²) in [7, 11) is 0. The third-order valence-electron chi connectivity index (χ3n) is 9.84. The molecule has 2 aliphatic heterocycles. The number of anilines is 2. The number of hydrogen-bond acceptors (Lipinski definition) is 4. The fraction of sp³-hybridized carbons (Fsp3) is 0.806. The minimum absolute atomic E-state index is 0.438. The van der Waals surface area contributed by atoms with Gasteiger partial charge in [-0.1, -0.05) is 40.0 Å². The van der Waals surface area contributed by atoms with E-state index in [4.69, 9.17) is 4.74 Å². The number of nitrogens with zero attached hydrogens (tertiary/aromatic N) is 3. The first-order valence-electron chi connectivity index (χ1n) is 14.9. The minimum atomic E-state index is 0.438. The molecule has 4 aliphatic rings. The first-order chi connectivity index (χ1) is 16.9. The molecule has 0 amide bonds. The molecule has 2 aliphatic carbocycles. The largest absolute Gasteiger partial charge is 0.378 e. The first kappa shape index (κ1) is 25.4. The monoisotopic (exact) mass is 481 g/mol. The van der Waals surface area contributed by atoms with Crippen molar-refractivity contribution in [3.8, 4) is 0 Å². The van der Waals surface area contributed by atoms with Gasteiger partial charge in [0.25, 0.3) is 0 Å². The molecular formula is C31H51N3O. The average molecular weight is 482 g/mol. The van der Waals surface area contributed by atoms with Gasteiger partial charge in [-0.15, -0.1) is 0 Å². The summed E-state index contributed by atoms with van der Waals surface area (Å²) in [6, 6.07) is 8.91. The molecule has 2 saturated heterocycles. The van der Waals surface area contributed by atoms with Gasteiger partial charge in [0.15, 0.2) is 0 Å². The van der Waals surface area contributed by atoms with Crippen LogP contribution in [0.2, 0.25) is 0 Å². The summed E-state index contributed by atoms with van der Waals surface area (Å²) in [5.41, 5.74) is 5.03. The van der Waals surface area contributed by atoms with Crippen molar-refractivity contribution in [2.75, 3.05) is 55.7 Å². The highest BCUT2D eigenvalue weighted by molar-refractivity contribution is 5.64. The van der Waals surface area contributed by atoms with Gasteiger partial charge < -0.3 is 14.5 Å². The lowest BCUT2D eigenvalue weighted by atomic mass is 9.68. The number of piperazine rings is 1. The van der Waals surface area contributed by atoms with Crippen molar-refractivity contribution < 1.29 is 4.74 Å². The molecule has 196 valence electrons. The molecule has 0 spiro atoms. The summed E-state index contributed by atoms with van der Waals surface area (Å²) in [5, 5.41) is 0. The molecule has 1 unspecified atom stereocenters. The summed E-state index contributed by atoms with van der Waals surface area (Å²) in [6.45, 7) is 17.2. The molecule has 4 fully saturated rings. The van der Waals surface area contributed by atoms with Crippen molar-refractivity contribution in [3.63, 3.8) is 0 Å². The fourth-order valence-electron chi connectivity index (χ4n) is 7.54. The summed E-state index contributed by atoms with van der Waals surface area (Å²) in [4.78, 5) is 8.15. The zero-order chi connectivity index (χ0) is 24.4. The molecule has 2 saturated carbocycles. The van der Waals surface area contributed by atoms with Crippen LogP contribution in [0.4, 0.5) is 11.4 Å². The number of rotatable bonds is 4. The van der Waals surface area contributed by atoms with Gasteiger partial charge in [0.05, 0.1) is 13.2 Å². The van der Waals surface area contributed by atoms with E-state index in [-0.39, 0.29) is 0 Å². The Kier molecular flexibility index (Phi) is 7.99. The van der Waals surface area contributed by atoms with E-state index in [0.29, 0.717) is 17.4 Å². The van der Waals surface area contributed by atoms with E-state index in [2.05, 4.69) is 60.6 Å². The Hall–Kier alpha value is -1.26. The SMILES string of the molecule is CC1CN(C2CCCCC2)CCN1c1ccc(N2CCOCC2)cc1C1CCC(C(C)(C)C)CC1. The van der Waals surface area contributed by atoms with E-state index in [1.165, 1.54) is 88.8 Å². The van der Waals surface area contributed by atoms with Gasteiger partial charge in [-0.2, -0.15) is 0 Å². The molecule has 0 bridgehead atoms. The van der Waals surface area contributed by atoms with Gasteiger partial charge in [0, 0.05) is 56.2 Å². The van der Waals surface area contributed by atoms with E-state index >= 15 is 0 Å². The molecule has 35 heavy (non-hydrogen) atoms. The van der Waals surface area contributed by atoms with E-state index in [9.17, 15) is 0 Å². The topological polar surface area (TPSA) is 19.0 Å². The summed E-state index contributed by atoms with van der Waals surface area (Å²) >= 11 is 0. The highest BCUT2D eigenvalue weighted by atomic mass is 16.5. The Labute approximate surface area is 215 Å². The zero-order valence-electron chi connectivity index (χ0n) is 23.1. The quantitative estimate of drug-likeness (QED) is 0.477. The predicted octanol–water partition coefficient (Wildman–Crippen LogP) is 6.69. The van der Waals surface area contributed by atoms with Crippen molar-refractivity contribution in [3.05, 3.63) is 23.8 Å². The maximum atomic E-state index is 5.65. The highest BCUT2D eigenvalue weighted by Crippen LogP contribution is 2.46. The van der Waals surface area contributed by atoms with E-state index < -0.39 is 0 Å². The lowest BCUT2D eigenvalue weighted by molar-refractivity contribution is 0.122. The number of benzene rings is 1. The third-order valence-corrected chi connectivity index (χ3v) is 9.84. The van der Waals surface area contributed by atoms with Gasteiger partial charge in [-0.25, -0.2) is 0 Å². The van der Waals surface area contributed by atoms with Crippen molar-refractivity contribution in [1.82, 2.24) is 4.90 Å². The van der Waals surface area contributed by atoms with Crippen molar-refractivity contribution in [2.45, 2.75) is 103 Å². The minimum Gasteiger partial charge on any atom is -0.378 e. The Morgan fingerprint density at radius 1 is 0.829 bits per heavy atom. The molecule has 0 N–H and O–H groups in total. The summed E-state index contributed by atoms with van der Waals surface area (Å²) in [6.07, 6.45) is 12.6. The second-order valence-corrected chi connectivity index (χ2v) is 13.1.